The fourth-order valence-corrected chi connectivity index (χ4v) is 1.58. The Labute approximate surface area is 63.5 Å². The van der Waals surface area contributed by atoms with Crippen molar-refractivity contribution in [3.63, 3.8) is 0 Å². The molecule has 0 radical (unpaired) electrons. The lowest BCUT2D eigenvalue weighted by Gasteiger charge is -1.89. The number of rotatable bonds is 2. The van der Waals surface area contributed by atoms with Crippen molar-refractivity contribution in [3.8, 4) is 5.88 Å². The summed E-state index contributed by atoms with van der Waals surface area (Å²) in [5, 5.41) is 9.53. The Balaban J connectivity index is 2.81. The molecule has 0 aliphatic carbocycles. The van der Waals surface area contributed by atoms with E-state index >= 15 is 0 Å². The summed E-state index contributed by atoms with van der Waals surface area (Å²) in [6, 6.07) is 0. The number of nitrogens with zero attached hydrogens (tertiary/aromatic N) is 1. The molecule has 56 valence electrons. The third-order valence-corrected chi connectivity index (χ3v) is 2.10. The molecule has 3 nitrogen and oxygen atoms in total. The maximum Gasteiger partial charge on any atom is 0.227 e. The highest BCUT2D eigenvalue weighted by Crippen LogP contribution is 2.26. The molecule has 1 aromatic heterocycles. The average Bonchev–Trinajstić information content (AvgIpc) is 2.13. The van der Waals surface area contributed by atoms with Gasteiger partial charge in [-0.3, -0.25) is 0 Å². The number of aromatic nitrogens is 1. The molecule has 0 saturated carbocycles. The average molecular weight is 158 g/mol. The Morgan fingerprint density at radius 1 is 1.70 bits per heavy atom. The van der Waals surface area contributed by atoms with Crippen molar-refractivity contribution in [1.82, 2.24) is 4.98 Å². The van der Waals surface area contributed by atoms with Gasteiger partial charge < -0.3 is 10.8 Å². The molecular formula is C6H10N2OS. The van der Waals surface area contributed by atoms with Crippen molar-refractivity contribution in [3.05, 3.63) is 4.88 Å². The molecule has 1 rings (SSSR count). The molecule has 1 heterocycles. The first-order valence-electron chi connectivity index (χ1n) is 3.18. The zero-order valence-electron chi connectivity index (χ0n) is 5.79. The summed E-state index contributed by atoms with van der Waals surface area (Å²) in [4.78, 5) is 4.57. The van der Waals surface area contributed by atoms with Gasteiger partial charge in [0.25, 0.3) is 0 Å². The molecular weight excluding hydrogens is 148 g/mol. The van der Waals surface area contributed by atoms with Crippen molar-refractivity contribution in [2.75, 3.05) is 5.73 Å². The summed E-state index contributed by atoms with van der Waals surface area (Å²) in [6.45, 7) is 2.05. The van der Waals surface area contributed by atoms with Crippen LogP contribution in [0.15, 0.2) is 0 Å². The lowest BCUT2D eigenvalue weighted by Crippen LogP contribution is -1.78. The fraction of sp³-hybridized carbons (Fsp3) is 0.500. The monoisotopic (exact) mass is 158 g/mol. The van der Waals surface area contributed by atoms with Gasteiger partial charge in [0.2, 0.25) is 5.88 Å². The van der Waals surface area contributed by atoms with E-state index in [0.29, 0.717) is 5.13 Å². The third-order valence-electron chi connectivity index (χ3n) is 1.17. The van der Waals surface area contributed by atoms with Crippen LogP contribution >= 0.6 is 11.3 Å². The Bertz CT molecular complexity index is 222. The summed E-state index contributed by atoms with van der Waals surface area (Å²) in [5.74, 6) is 0.101. The van der Waals surface area contributed by atoms with Crippen molar-refractivity contribution >= 4 is 16.5 Å². The van der Waals surface area contributed by atoms with Crippen LogP contribution in [0.25, 0.3) is 0 Å². The third kappa shape index (κ3) is 1.39. The molecule has 0 bridgehead atoms. The smallest absolute Gasteiger partial charge is 0.227 e. The molecule has 1 aromatic rings. The molecule has 0 spiro atoms. The summed E-state index contributed by atoms with van der Waals surface area (Å²) < 4.78 is 0. The van der Waals surface area contributed by atoms with E-state index in [1.807, 2.05) is 0 Å². The van der Waals surface area contributed by atoms with Gasteiger partial charge in [-0.2, -0.15) is 4.98 Å². The maximum atomic E-state index is 9.08. The van der Waals surface area contributed by atoms with Crippen LogP contribution in [0.5, 0.6) is 5.88 Å². The first kappa shape index (κ1) is 7.34. The van der Waals surface area contributed by atoms with E-state index in [9.17, 15) is 0 Å². The van der Waals surface area contributed by atoms with Crippen LogP contribution in [0.3, 0.4) is 0 Å². The predicted molar refractivity (Wildman–Crippen MR) is 42.2 cm³/mol. The van der Waals surface area contributed by atoms with Crippen LogP contribution in [0.2, 0.25) is 0 Å². The van der Waals surface area contributed by atoms with Crippen molar-refractivity contribution < 1.29 is 5.11 Å². The summed E-state index contributed by atoms with van der Waals surface area (Å²) in [7, 11) is 0. The summed E-state index contributed by atoms with van der Waals surface area (Å²) in [6.07, 6.45) is 1.87. The first-order valence-corrected chi connectivity index (χ1v) is 3.99. The van der Waals surface area contributed by atoms with Crippen LogP contribution in [0, 0.1) is 0 Å². The SMILES string of the molecule is CCCc1sc(N)nc1O. The van der Waals surface area contributed by atoms with Crippen LogP contribution in [-0.2, 0) is 6.42 Å². The number of hydrogen-bond donors (Lipinski definition) is 2. The highest BCUT2D eigenvalue weighted by molar-refractivity contribution is 7.15. The molecule has 0 aliphatic rings. The van der Waals surface area contributed by atoms with E-state index in [1.54, 1.807) is 0 Å². The Kier molecular flexibility index (Phi) is 2.11. The van der Waals surface area contributed by atoms with Crippen LogP contribution in [0.4, 0.5) is 5.13 Å². The van der Waals surface area contributed by atoms with E-state index in [1.165, 1.54) is 11.3 Å². The first-order chi connectivity index (χ1) is 4.74. The van der Waals surface area contributed by atoms with Gasteiger partial charge in [-0.15, -0.1) is 0 Å². The second kappa shape index (κ2) is 2.88. The lowest BCUT2D eigenvalue weighted by molar-refractivity contribution is 0.451. The van der Waals surface area contributed by atoms with Gasteiger partial charge in [-0.1, -0.05) is 24.7 Å². The topological polar surface area (TPSA) is 59.1 Å². The van der Waals surface area contributed by atoms with E-state index in [0.717, 1.165) is 17.7 Å². The van der Waals surface area contributed by atoms with Gasteiger partial charge in [-0.25, -0.2) is 0 Å². The standard InChI is InChI=1S/C6H10N2OS/c1-2-3-4-5(9)8-6(7)10-4/h9H,2-3H2,1H3,(H2,7,8). The molecule has 0 saturated heterocycles. The van der Waals surface area contributed by atoms with E-state index in [4.69, 9.17) is 10.8 Å². The van der Waals surface area contributed by atoms with Crippen molar-refractivity contribution in [2.24, 2.45) is 0 Å². The van der Waals surface area contributed by atoms with Gasteiger partial charge in [0, 0.05) is 0 Å². The number of nitrogen functional groups attached to an aromatic ring is 1. The zero-order chi connectivity index (χ0) is 7.56. The highest BCUT2D eigenvalue weighted by atomic mass is 32.1. The predicted octanol–water partition coefficient (Wildman–Crippen LogP) is 1.38. The second-order valence-electron chi connectivity index (χ2n) is 2.05. The number of anilines is 1. The minimum absolute atomic E-state index is 0.101. The Hall–Kier alpha value is -0.770. The second-order valence-corrected chi connectivity index (χ2v) is 3.16. The number of hydrogen-bond acceptors (Lipinski definition) is 4. The van der Waals surface area contributed by atoms with Crippen molar-refractivity contribution in [1.29, 1.82) is 0 Å². The molecule has 10 heavy (non-hydrogen) atoms. The van der Waals surface area contributed by atoms with Gasteiger partial charge in [-0.05, 0) is 6.42 Å². The Morgan fingerprint density at radius 3 is 2.80 bits per heavy atom. The van der Waals surface area contributed by atoms with E-state index in [-0.39, 0.29) is 5.88 Å². The lowest BCUT2D eigenvalue weighted by atomic mass is 10.3. The molecule has 0 aromatic carbocycles. The van der Waals surface area contributed by atoms with E-state index < -0.39 is 0 Å². The highest BCUT2D eigenvalue weighted by Gasteiger charge is 2.05. The maximum absolute atomic E-state index is 9.08. The zero-order valence-corrected chi connectivity index (χ0v) is 6.61. The van der Waals surface area contributed by atoms with Crippen LogP contribution in [-0.4, -0.2) is 10.1 Å². The quantitative estimate of drug-likeness (QED) is 0.683. The normalized spacial score (nSPS) is 10.1. The van der Waals surface area contributed by atoms with Crippen molar-refractivity contribution in [2.45, 2.75) is 19.8 Å². The molecule has 0 atom stereocenters. The van der Waals surface area contributed by atoms with Gasteiger partial charge in [0.1, 0.15) is 0 Å². The Morgan fingerprint density at radius 2 is 2.40 bits per heavy atom. The van der Waals surface area contributed by atoms with Gasteiger partial charge in [0.05, 0.1) is 4.88 Å². The summed E-state index contributed by atoms with van der Waals surface area (Å²) in [5.41, 5.74) is 5.36. The minimum Gasteiger partial charge on any atom is -0.492 e. The largest absolute Gasteiger partial charge is 0.492 e. The molecule has 0 fully saturated rings. The molecule has 4 heteroatoms. The molecule has 0 unspecified atom stereocenters. The van der Waals surface area contributed by atoms with Gasteiger partial charge in [0.15, 0.2) is 5.13 Å². The number of aryl methyl sites for hydroxylation is 1. The van der Waals surface area contributed by atoms with E-state index in [2.05, 4.69) is 11.9 Å². The van der Waals surface area contributed by atoms with Crippen LogP contribution in [0.1, 0.15) is 18.2 Å². The fourth-order valence-electron chi connectivity index (χ4n) is 0.751. The molecule has 3 N–H and O–H groups in total. The van der Waals surface area contributed by atoms with Crippen LogP contribution < -0.4 is 5.73 Å². The number of nitrogens with two attached hydrogens (primary N) is 1. The minimum atomic E-state index is 0.101. The molecule has 0 aliphatic heterocycles. The number of aromatic hydroxyl groups is 1. The summed E-state index contributed by atoms with van der Waals surface area (Å²) >= 11 is 1.36. The number of thiazole rings is 1. The van der Waals surface area contributed by atoms with Gasteiger partial charge >= 0.3 is 0 Å². The molecule has 0 amide bonds.